The topological polar surface area (TPSA) is 58.2 Å². The first kappa shape index (κ1) is 15.0. The Labute approximate surface area is 123 Å². The summed E-state index contributed by atoms with van der Waals surface area (Å²) in [5.41, 5.74) is 0.762. The van der Waals surface area contributed by atoms with Crippen LogP contribution in [0.4, 0.5) is 0 Å². The van der Waals surface area contributed by atoms with Crippen LogP contribution in [-0.4, -0.2) is 28.1 Å². The summed E-state index contributed by atoms with van der Waals surface area (Å²) >= 11 is 3.31. The summed E-state index contributed by atoms with van der Waals surface area (Å²) in [6.45, 7) is 4.35. The van der Waals surface area contributed by atoms with Crippen LogP contribution in [0.25, 0.3) is 0 Å². The molecule has 106 valence electrons. The predicted molar refractivity (Wildman–Crippen MR) is 79.7 cm³/mol. The first-order chi connectivity index (χ1) is 8.99. The lowest BCUT2D eigenvalue weighted by molar-refractivity contribution is 0.519. The van der Waals surface area contributed by atoms with Crippen molar-refractivity contribution >= 4 is 26.0 Å². The monoisotopic (exact) mass is 346 g/mol. The molecule has 0 amide bonds. The molecule has 1 aromatic rings. The lowest BCUT2D eigenvalue weighted by Crippen LogP contribution is -2.27. The van der Waals surface area contributed by atoms with Crippen LogP contribution in [0.3, 0.4) is 0 Å². The highest BCUT2D eigenvalue weighted by atomic mass is 79.9. The Morgan fingerprint density at radius 2 is 2.26 bits per heavy atom. The summed E-state index contributed by atoms with van der Waals surface area (Å²) in [4.78, 5) is 0.353. The molecule has 19 heavy (non-hydrogen) atoms. The van der Waals surface area contributed by atoms with Gasteiger partial charge in [0, 0.05) is 11.0 Å². The molecule has 1 aliphatic rings. The van der Waals surface area contributed by atoms with Crippen molar-refractivity contribution in [3.05, 3.63) is 28.2 Å². The van der Waals surface area contributed by atoms with E-state index in [1.165, 1.54) is 0 Å². The van der Waals surface area contributed by atoms with E-state index in [9.17, 15) is 8.42 Å². The highest BCUT2D eigenvalue weighted by Crippen LogP contribution is 2.20. The number of rotatable bonds is 5. The molecular formula is C13H19BrN2O2S. The molecule has 1 aromatic carbocycles. The maximum absolute atomic E-state index is 12.2. The zero-order chi connectivity index (χ0) is 13.9. The zero-order valence-corrected chi connectivity index (χ0v) is 13.4. The highest BCUT2D eigenvalue weighted by molar-refractivity contribution is 9.10. The van der Waals surface area contributed by atoms with Gasteiger partial charge >= 0.3 is 0 Å². The van der Waals surface area contributed by atoms with Gasteiger partial charge in [-0.3, -0.25) is 0 Å². The summed E-state index contributed by atoms with van der Waals surface area (Å²) in [6, 6.07) is 5.30. The normalized spacial score (nSPS) is 19.8. The zero-order valence-electron chi connectivity index (χ0n) is 10.9. The molecule has 0 bridgehead atoms. The van der Waals surface area contributed by atoms with E-state index in [0.29, 0.717) is 17.4 Å². The van der Waals surface area contributed by atoms with E-state index in [-0.39, 0.29) is 0 Å². The van der Waals surface area contributed by atoms with Crippen LogP contribution in [0.1, 0.15) is 18.4 Å². The largest absolute Gasteiger partial charge is 0.316 e. The lowest BCUT2D eigenvalue weighted by Gasteiger charge is -2.12. The number of hydrogen-bond acceptors (Lipinski definition) is 3. The predicted octanol–water partition coefficient (Wildman–Crippen LogP) is 2.04. The maximum Gasteiger partial charge on any atom is 0.240 e. The lowest BCUT2D eigenvalue weighted by atomic mass is 10.1. The third-order valence-corrected chi connectivity index (χ3v) is 5.54. The van der Waals surface area contributed by atoms with Crippen LogP contribution in [0, 0.1) is 12.8 Å². The molecular weight excluding hydrogens is 328 g/mol. The van der Waals surface area contributed by atoms with Gasteiger partial charge in [0.2, 0.25) is 10.0 Å². The van der Waals surface area contributed by atoms with E-state index < -0.39 is 10.0 Å². The highest BCUT2D eigenvalue weighted by Gasteiger charge is 2.19. The minimum atomic E-state index is -3.41. The van der Waals surface area contributed by atoms with Crippen LogP contribution < -0.4 is 10.0 Å². The molecule has 2 rings (SSSR count). The second kappa shape index (κ2) is 6.35. The first-order valence-corrected chi connectivity index (χ1v) is 8.73. The van der Waals surface area contributed by atoms with E-state index in [1.807, 2.05) is 13.0 Å². The summed E-state index contributed by atoms with van der Waals surface area (Å²) in [7, 11) is -3.41. The molecule has 0 radical (unpaired) electrons. The van der Waals surface area contributed by atoms with Crippen molar-refractivity contribution in [3.63, 3.8) is 0 Å². The van der Waals surface area contributed by atoms with Crippen molar-refractivity contribution in [2.45, 2.75) is 24.7 Å². The Hall–Kier alpha value is -0.430. The molecule has 0 saturated carbocycles. The summed E-state index contributed by atoms with van der Waals surface area (Å²) in [6.07, 6.45) is 2.02. The van der Waals surface area contributed by atoms with Crippen molar-refractivity contribution in [2.75, 3.05) is 19.6 Å². The van der Waals surface area contributed by atoms with Gasteiger partial charge in [0.1, 0.15) is 0 Å². The number of aryl methyl sites for hydroxylation is 1. The Morgan fingerprint density at radius 1 is 1.47 bits per heavy atom. The molecule has 0 aromatic heterocycles. The fraction of sp³-hybridized carbons (Fsp3) is 0.538. The second-order valence-electron chi connectivity index (χ2n) is 4.96. The van der Waals surface area contributed by atoms with Crippen molar-refractivity contribution in [2.24, 2.45) is 5.92 Å². The molecule has 2 N–H and O–H groups in total. The average Bonchev–Trinajstić information content (AvgIpc) is 2.85. The molecule has 1 saturated heterocycles. The van der Waals surface area contributed by atoms with Gasteiger partial charge in [0.15, 0.2) is 0 Å². The molecule has 0 spiro atoms. The van der Waals surface area contributed by atoms with Crippen molar-refractivity contribution in [1.82, 2.24) is 10.0 Å². The Kier molecular flexibility index (Phi) is 5.00. The van der Waals surface area contributed by atoms with Gasteiger partial charge in [0.05, 0.1) is 4.90 Å². The van der Waals surface area contributed by atoms with Gasteiger partial charge < -0.3 is 5.32 Å². The standard InChI is InChI=1S/C13H19BrN2O2S/c1-10-2-3-12(14)8-13(10)19(17,18)16-7-5-11-4-6-15-9-11/h2-3,8,11,15-16H,4-7,9H2,1H3/t11-/m1/s1. The van der Waals surface area contributed by atoms with Gasteiger partial charge in [0.25, 0.3) is 0 Å². The molecule has 1 atom stereocenters. The van der Waals surface area contributed by atoms with Crippen molar-refractivity contribution in [3.8, 4) is 0 Å². The molecule has 1 aliphatic heterocycles. The van der Waals surface area contributed by atoms with Crippen LogP contribution in [0.5, 0.6) is 0 Å². The maximum atomic E-state index is 12.2. The van der Waals surface area contributed by atoms with Crippen LogP contribution in [0.2, 0.25) is 0 Å². The molecule has 0 unspecified atom stereocenters. The van der Waals surface area contributed by atoms with Crippen molar-refractivity contribution in [1.29, 1.82) is 0 Å². The molecule has 1 fully saturated rings. The quantitative estimate of drug-likeness (QED) is 0.857. The summed E-state index contributed by atoms with van der Waals surface area (Å²) in [5, 5.41) is 3.28. The fourth-order valence-corrected chi connectivity index (χ4v) is 4.13. The second-order valence-corrected chi connectivity index (χ2v) is 7.61. The van der Waals surface area contributed by atoms with Gasteiger partial charge in [-0.2, -0.15) is 0 Å². The summed E-state index contributed by atoms with van der Waals surface area (Å²) in [5.74, 6) is 0.589. The Bertz CT molecular complexity index is 540. The van der Waals surface area contributed by atoms with Crippen molar-refractivity contribution < 1.29 is 8.42 Å². The van der Waals surface area contributed by atoms with Gasteiger partial charge in [-0.25, -0.2) is 13.1 Å². The molecule has 6 heteroatoms. The minimum absolute atomic E-state index is 0.353. The van der Waals surface area contributed by atoms with E-state index in [4.69, 9.17) is 0 Å². The first-order valence-electron chi connectivity index (χ1n) is 6.45. The molecule has 0 aliphatic carbocycles. The number of hydrogen-bond donors (Lipinski definition) is 2. The van der Waals surface area contributed by atoms with Crippen LogP contribution in [0.15, 0.2) is 27.6 Å². The minimum Gasteiger partial charge on any atom is -0.316 e. The number of nitrogens with one attached hydrogen (secondary N) is 2. The third kappa shape index (κ3) is 4.02. The number of sulfonamides is 1. The molecule has 1 heterocycles. The van der Waals surface area contributed by atoms with Crippen LogP contribution in [-0.2, 0) is 10.0 Å². The van der Waals surface area contributed by atoms with Gasteiger partial charge in [-0.1, -0.05) is 22.0 Å². The van der Waals surface area contributed by atoms with Gasteiger partial charge in [-0.05, 0) is 56.5 Å². The Balaban J connectivity index is 1.99. The number of halogens is 1. The van der Waals surface area contributed by atoms with E-state index in [2.05, 4.69) is 26.0 Å². The Morgan fingerprint density at radius 3 is 2.95 bits per heavy atom. The van der Waals surface area contributed by atoms with E-state index in [0.717, 1.165) is 36.0 Å². The SMILES string of the molecule is Cc1ccc(Br)cc1S(=O)(=O)NCC[C@H]1CCNC1. The van der Waals surface area contributed by atoms with E-state index in [1.54, 1.807) is 12.1 Å². The third-order valence-electron chi connectivity index (χ3n) is 3.45. The van der Waals surface area contributed by atoms with E-state index >= 15 is 0 Å². The van der Waals surface area contributed by atoms with Crippen LogP contribution >= 0.6 is 15.9 Å². The van der Waals surface area contributed by atoms with Gasteiger partial charge in [-0.15, -0.1) is 0 Å². The smallest absolute Gasteiger partial charge is 0.240 e. The summed E-state index contributed by atoms with van der Waals surface area (Å²) < 4.78 is 27.9. The molecule has 4 nitrogen and oxygen atoms in total. The average molecular weight is 347 g/mol. The number of benzene rings is 1. The fourth-order valence-electron chi connectivity index (χ4n) is 2.30.